The third-order valence-corrected chi connectivity index (χ3v) is 6.28. The van der Waals surface area contributed by atoms with Gasteiger partial charge in [0.2, 0.25) is 0 Å². The molecule has 0 unspecified atom stereocenters. The van der Waals surface area contributed by atoms with Crippen molar-refractivity contribution < 1.29 is 18.3 Å². The van der Waals surface area contributed by atoms with E-state index in [0.29, 0.717) is 36.9 Å². The molecule has 1 fully saturated rings. The Labute approximate surface area is 111 Å². The molecule has 0 atom stereocenters. The van der Waals surface area contributed by atoms with Crippen molar-refractivity contribution in [1.29, 1.82) is 0 Å². The lowest BCUT2D eigenvalue weighted by Gasteiger charge is -2.17. The minimum Gasteiger partial charge on any atom is -0.396 e. The van der Waals surface area contributed by atoms with Gasteiger partial charge in [0.1, 0.15) is 4.21 Å². The molecular formula is C11H17NO4S2. The third-order valence-electron chi connectivity index (χ3n) is 2.77. The largest absolute Gasteiger partial charge is 0.396 e. The highest BCUT2D eigenvalue weighted by molar-refractivity contribution is 7.91. The fourth-order valence-electron chi connectivity index (χ4n) is 1.83. The first-order chi connectivity index (χ1) is 8.64. The monoisotopic (exact) mass is 291 g/mol. The third kappa shape index (κ3) is 3.10. The predicted molar refractivity (Wildman–Crippen MR) is 69.3 cm³/mol. The molecule has 18 heavy (non-hydrogen) atoms. The number of hydrogen-bond donors (Lipinski definition) is 1. The topological polar surface area (TPSA) is 66.8 Å². The maximum absolute atomic E-state index is 12.4. The molecule has 1 N–H and O–H groups in total. The van der Waals surface area contributed by atoms with Crippen LogP contribution in [-0.4, -0.2) is 50.7 Å². The first-order valence-electron chi connectivity index (χ1n) is 5.92. The Morgan fingerprint density at radius 1 is 1.33 bits per heavy atom. The number of rotatable bonds is 4. The van der Waals surface area contributed by atoms with Gasteiger partial charge in [-0.25, -0.2) is 8.42 Å². The second-order valence-corrected chi connectivity index (χ2v) is 7.40. The first-order valence-corrected chi connectivity index (χ1v) is 8.18. The highest BCUT2D eigenvalue weighted by Gasteiger charge is 2.26. The predicted octanol–water partition coefficient (Wildman–Crippen LogP) is 0.694. The number of aliphatic hydroxyl groups excluding tert-OH is 1. The van der Waals surface area contributed by atoms with Gasteiger partial charge in [-0.15, -0.1) is 11.3 Å². The molecule has 0 amide bonds. The molecule has 0 aromatic carbocycles. The lowest BCUT2D eigenvalue weighted by atomic mass is 10.4. The average molecular weight is 291 g/mol. The maximum atomic E-state index is 12.4. The summed E-state index contributed by atoms with van der Waals surface area (Å²) in [5.74, 6) is 0. The standard InChI is InChI=1S/C11H17NO4S2/c13-7-4-10-2-3-11(17-10)18(14,15)12-5-1-8-16-9-6-12/h2-3,13H,1,4-9H2. The van der Waals surface area contributed by atoms with Crippen LogP contribution in [0.1, 0.15) is 11.3 Å². The van der Waals surface area contributed by atoms with E-state index in [4.69, 9.17) is 9.84 Å². The minimum atomic E-state index is -3.39. The Hall–Kier alpha value is -0.470. The van der Waals surface area contributed by atoms with Gasteiger partial charge in [0.25, 0.3) is 10.0 Å². The van der Waals surface area contributed by atoms with Crippen molar-refractivity contribution in [1.82, 2.24) is 4.31 Å². The second kappa shape index (κ2) is 6.12. The smallest absolute Gasteiger partial charge is 0.252 e. The zero-order valence-corrected chi connectivity index (χ0v) is 11.7. The zero-order chi connectivity index (χ0) is 13.0. The summed E-state index contributed by atoms with van der Waals surface area (Å²) >= 11 is 1.23. The summed E-state index contributed by atoms with van der Waals surface area (Å²) in [7, 11) is -3.39. The van der Waals surface area contributed by atoms with Crippen LogP contribution in [0.4, 0.5) is 0 Å². The molecular weight excluding hydrogens is 274 g/mol. The summed E-state index contributed by atoms with van der Waals surface area (Å²) in [5.41, 5.74) is 0. The molecule has 1 saturated heterocycles. The number of sulfonamides is 1. The van der Waals surface area contributed by atoms with Crippen molar-refractivity contribution in [2.75, 3.05) is 32.9 Å². The van der Waals surface area contributed by atoms with Gasteiger partial charge < -0.3 is 9.84 Å². The molecule has 0 radical (unpaired) electrons. The molecule has 1 aliphatic heterocycles. The molecule has 7 heteroatoms. The van der Waals surface area contributed by atoms with Crippen LogP contribution in [0.15, 0.2) is 16.3 Å². The van der Waals surface area contributed by atoms with Gasteiger partial charge in [-0.2, -0.15) is 4.31 Å². The first kappa shape index (κ1) is 14.0. The van der Waals surface area contributed by atoms with Crippen molar-refractivity contribution in [3.05, 3.63) is 17.0 Å². The molecule has 2 rings (SSSR count). The van der Waals surface area contributed by atoms with Crippen LogP contribution in [-0.2, 0) is 21.2 Å². The van der Waals surface area contributed by atoms with Crippen LogP contribution in [0, 0.1) is 0 Å². The summed E-state index contributed by atoms with van der Waals surface area (Å²) in [6.45, 7) is 2.03. The maximum Gasteiger partial charge on any atom is 0.252 e. The summed E-state index contributed by atoms with van der Waals surface area (Å²) in [5, 5.41) is 8.85. The Morgan fingerprint density at radius 3 is 2.94 bits per heavy atom. The average Bonchev–Trinajstić information content (AvgIpc) is 2.65. The Morgan fingerprint density at radius 2 is 2.17 bits per heavy atom. The summed E-state index contributed by atoms with van der Waals surface area (Å²) in [6.07, 6.45) is 1.23. The Balaban J connectivity index is 2.17. The zero-order valence-electron chi connectivity index (χ0n) is 10.0. The van der Waals surface area contributed by atoms with E-state index in [2.05, 4.69) is 0 Å². The van der Waals surface area contributed by atoms with E-state index in [9.17, 15) is 8.42 Å². The summed E-state index contributed by atoms with van der Waals surface area (Å²) in [6, 6.07) is 3.39. The molecule has 0 saturated carbocycles. The van der Waals surface area contributed by atoms with Gasteiger partial charge in [0.05, 0.1) is 6.61 Å². The molecule has 5 nitrogen and oxygen atoms in total. The fraction of sp³-hybridized carbons (Fsp3) is 0.636. The van der Waals surface area contributed by atoms with E-state index < -0.39 is 10.0 Å². The molecule has 2 heterocycles. The van der Waals surface area contributed by atoms with E-state index in [1.54, 1.807) is 12.1 Å². The van der Waals surface area contributed by atoms with Crippen molar-refractivity contribution in [3.8, 4) is 0 Å². The van der Waals surface area contributed by atoms with E-state index in [1.165, 1.54) is 15.6 Å². The minimum absolute atomic E-state index is 0.0392. The van der Waals surface area contributed by atoms with Crippen LogP contribution < -0.4 is 0 Å². The van der Waals surface area contributed by atoms with Gasteiger partial charge in [0.15, 0.2) is 0 Å². The van der Waals surface area contributed by atoms with Crippen molar-refractivity contribution >= 4 is 21.4 Å². The van der Waals surface area contributed by atoms with Crippen LogP contribution in [0.2, 0.25) is 0 Å². The molecule has 0 aliphatic carbocycles. The van der Waals surface area contributed by atoms with Crippen LogP contribution in [0.25, 0.3) is 0 Å². The number of hydrogen-bond acceptors (Lipinski definition) is 5. The van der Waals surface area contributed by atoms with E-state index in [1.807, 2.05) is 0 Å². The normalized spacial score (nSPS) is 18.7. The molecule has 1 aliphatic rings. The van der Waals surface area contributed by atoms with Crippen molar-refractivity contribution in [2.24, 2.45) is 0 Å². The highest BCUT2D eigenvalue weighted by atomic mass is 32.2. The quantitative estimate of drug-likeness (QED) is 0.886. The lowest BCUT2D eigenvalue weighted by Crippen LogP contribution is -2.32. The molecule has 1 aromatic heterocycles. The van der Waals surface area contributed by atoms with Crippen molar-refractivity contribution in [3.63, 3.8) is 0 Å². The number of ether oxygens (including phenoxy) is 1. The Bertz CT molecular complexity index is 475. The number of nitrogens with zero attached hydrogens (tertiary/aromatic N) is 1. The van der Waals surface area contributed by atoms with Crippen LogP contribution in [0.5, 0.6) is 0 Å². The van der Waals surface area contributed by atoms with Gasteiger partial charge >= 0.3 is 0 Å². The van der Waals surface area contributed by atoms with Gasteiger partial charge in [0, 0.05) is 37.6 Å². The molecule has 1 aromatic rings. The SMILES string of the molecule is O=S(=O)(c1ccc(CCO)s1)N1CCCOCC1. The summed E-state index contributed by atoms with van der Waals surface area (Å²) < 4.78 is 31.9. The molecule has 0 spiro atoms. The Kier molecular flexibility index (Phi) is 4.74. The molecule has 102 valence electrons. The van der Waals surface area contributed by atoms with Gasteiger partial charge in [-0.05, 0) is 18.6 Å². The lowest BCUT2D eigenvalue weighted by molar-refractivity contribution is 0.148. The van der Waals surface area contributed by atoms with E-state index in [-0.39, 0.29) is 6.61 Å². The van der Waals surface area contributed by atoms with Gasteiger partial charge in [-0.1, -0.05) is 0 Å². The van der Waals surface area contributed by atoms with Crippen LogP contribution >= 0.6 is 11.3 Å². The van der Waals surface area contributed by atoms with E-state index in [0.717, 1.165) is 11.3 Å². The van der Waals surface area contributed by atoms with Gasteiger partial charge in [-0.3, -0.25) is 0 Å². The highest BCUT2D eigenvalue weighted by Crippen LogP contribution is 2.25. The van der Waals surface area contributed by atoms with Crippen LogP contribution in [0.3, 0.4) is 0 Å². The molecule has 0 bridgehead atoms. The van der Waals surface area contributed by atoms with Crippen molar-refractivity contribution in [2.45, 2.75) is 17.1 Å². The summed E-state index contributed by atoms with van der Waals surface area (Å²) in [4.78, 5) is 0.891. The number of thiophene rings is 1. The number of aliphatic hydroxyl groups is 1. The fourth-order valence-corrected chi connectivity index (χ4v) is 4.79. The van der Waals surface area contributed by atoms with E-state index >= 15 is 0 Å². The second-order valence-electron chi connectivity index (χ2n) is 4.06.